The summed E-state index contributed by atoms with van der Waals surface area (Å²) in [6.07, 6.45) is 2.15. The molecule has 126 valence electrons. The number of benzene rings is 1. The number of nitrogens with one attached hydrogen (secondary N) is 1. The van der Waals surface area contributed by atoms with Crippen LogP contribution in [0, 0.1) is 25.2 Å². The first-order valence-electron chi connectivity index (χ1n) is 8.59. The Kier molecular flexibility index (Phi) is 4.74. The number of carbonyl (C=O) groups is 1. The first-order chi connectivity index (χ1) is 11.0. The summed E-state index contributed by atoms with van der Waals surface area (Å²) in [7, 11) is 1.69. The molecule has 1 spiro atoms. The highest BCUT2D eigenvalue weighted by Crippen LogP contribution is 2.42. The van der Waals surface area contributed by atoms with Gasteiger partial charge >= 0.3 is 0 Å². The minimum atomic E-state index is 0.0235. The van der Waals surface area contributed by atoms with E-state index < -0.39 is 0 Å². The van der Waals surface area contributed by atoms with Crippen molar-refractivity contribution >= 4 is 5.91 Å². The molecule has 2 saturated heterocycles. The van der Waals surface area contributed by atoms with Crippen LogP contribution < -0.4 is 5.32 Å². The van der Waals surface area contributed by atoms with Crippen LogP contribution in [0.25, 0.3) is 0 Å². The van der Waals surface area contributed by atoms with Gasteiger partial charge in [0.1, 0.15) is 0 Å². The van der Waals surface area contributed by atoms with Crippen molar-refractivity contribution < 1.29 is 9.53 Å². The number of carbonyl (C=O) groups excluding carboxylic acids is 1. The van der Waals surface area contributed by atoms with Crippen molar-refractivity contribution in [2.45, 2.75) is 33.2 Å². The Balaban J connectivity index is 1.64. The van der Waals surface area contributed by atoms with Crippen LogP contribution in [0.2, 0.25) is 0 Å². The molecule has 23 heavy (non-hydrogen) atoms. The fourth-order valence-corrected chi connectivity index (χ4v) is 4.10. The Bertz CT molecular complexity index is 577. The second-order valence-corrected chi connectivity index (χ2v) is 7.29. The first kappa shape index (κ1) is 16.5. The van der Waals surface area contributed by atoms with Crippen LogP contribution in [0.5, 0.6) is 0 Å². The predicted molar refractivity (Wildman–Crippen MR) is 91.2 cm³/mol. The maximum atomic E-state index is 12.1. The molecule has 1 atom stereocenters. The molecule has 0 radical (unpaired) electrons. The van der Waals surface area contributed by atoms with Gasteiger partial charge in [0.2, 0.25) is 5.91 Å². The van der Waals surface area contributed by atoms with Gasteiger partial charge in [-0.25, -0.2) is 0 Å². The monoisotopic (exact) mass is 316 g/mol. The second-order valence-electron chi connectivity index (χ2n) is 7.29. The molecule has 2 fully saturated rings. The van der Waals surface area contributed by atoms with Gasteiger partial charge in [0.25, 0.3) is 0 Å². The largest absolute Gasteiger partial charge is 0.384 e. The summed E-state index contributed by atoms with van der Waals surface area (Å²) in [4.78, 5) is 14.6. The minimum Gasteiger partial charge on any atom is -0.384 e. The quantitative estimate of drug-likeness (QED) is 0.926. The number of piperidine rings is 1. The lowest BCUT2D eigenvalue weighted by Gasteiger charge is -2.41. The molecule has 1 aromatic carbocycles. The Morgan fingerprint density at radius 2 is 2.04 bits per heavy atom. The van der Waals surface area contributed by atoms with Gasteiger partial charge < -0.3 is 10.1 Å². The van der Waals surface area contributed by atoms with E-state index in [9.17, 15) is 4.79 Å². The lowest BCUT2D eigenvalue weighted by atomic mass is 9.71. The maximum absolute atomic E-state index is 12.1. The molecule has 0 bridgehead atoms. The van der Waals surface area contributed by atoms with E-state index in [1.54, 1.807) is 7.11 Å². The molecule has 1 aromatic rings. The van der Waals surface area contributed by atoms with Crippen LogP contribution in [-0.2, 0) is 16.1 Å². The summed E-state index contributed by atoms with van der Waals surface area (Å²) in [6.45, 7) is 8.83. The summed E-state index contributed by atoms with van der Waals surface area (Å²) in [5, 5.41) is 3.06. The number of likely N-dealkylation sites (tertiary alicyclic amines) is 1. The second kappa shape index (κ2) is 6.62. The van der Waals surface area contributed by atoms with Gasteiger partial charge in [-0.15, -0.1) is 0 Å². The fourth-order valence-electron chi connectivity index (χ4n) is 4.10. The molecular weight excluding hydrogens is 288 g/mol. The summed E-state index contributed by atoms with van der Waals surface area (Å²) in [5.41, 5.74) is 4.22. The Morgan fingerprint density at radius 3 is 2.74 bits per heavy atom. The number of rotatable bonds is 4. The third-order valence-electron chi connectivity index (χ3n) is 5.75. The zero-order valence-electron chi connectivity index (χ0n) is 14.5. The molecule has 2 aliphatic rings. The van der Waals surface area contributed by atoms with Crippen molar-refractivity contribution in [1.82, 2.24) is 10.2 Å². The molecule has 3 rings (SSSR count). The van der Waals surface area contributed by atoms with Crippen LogP contribution in [0.3, 0.4) is 0 Å². The van der Waals surface area contributed by atoms with Crippen LogP contribution in [0.1, 0.15) is 29.5 Å². The highest BCUT2D eigenvalue weighted by molar-refractivity contribution is 5.82. The minimum absolute atomic E-state index is 0.0235. The fraction of sp³-hybridized carbons (Fsp3) is 0.632. The lowest BCUT2D eigenvalue weighted by Crippen LogP contribution is -2.45. The van der Waals surface area contributed by atoms with E-state index in [-0.39, 0.29) is 17.2 Å². The smallest absolute Gasteiger partial charge is 0.226 e. The van der Waals surface area contributed by atoms with E-state index in [2.05, 4.69) is 42.3 Å². The molecule has 4 heteroatoms. The topological polar surface area (TPSA) is 41.6 Å². The van der Waals surface area contributed by atoms with Crippen molar-refractivity contribution in [3.8, 4) is 0 Å². The molecule has 0 aromatic heterocycles. The van der Waals surface area contributed by atoms with Crippen LogP contribution in [0.4, 0.5) is 0 Å². The highest BCUT2D eigenvalue weighted by atomic mass is 16.5. The van der Waals surface area contributed by atoms with Gasteiger partial charge in [-0.2, -0.15) is 0 Å². The number of hydrogen-bond donors (Lipinski definition) is 1. The predicted octanol–water partition coefficient (Wildman–Crippen LogP) is 2.28. The SMILES string of the molecule is COCC1C(=O)NCC12CCN(Cc1cc(C)ccc1C)CC2. The van der Waals surface area contributed by atoms with E-state index in [4.69, 9.17) is 4.74 Å². The number of nitrogens with zero attached hydrogens (tertiary/aromatic N) is 1. The molecule has 2 aliphatic heterocycles. The molecule has 2 heterocycles. The zero-order valence-corrected chi connectivity index (χ0v) is 14.5. The molecular formula is C19H28N2O2. The van der Waals surface area contributed by atoms with Crippen molar-refractivity contribution in [2.75, 3.05) is 33.4 Å². The van der Waals surface area contributed by atoms with Gasteiger partial charge in [0.15, 0.2) is 0 Å². The third-order valence-corrected chi connectivity index (χ3v) is 5.75. The van der Waals surface area contributed by atoms with Crippen LogP contribution in [-0.4, -0.2) is 44.2 Å². The molecule has 0 aliphatic carbocycles. The summed E-state index contributed by atoms with van der Waals surface area (Å²) in [6, 6.07) is 6.69. The van der Waals surface area contributed by atoms with Crippen molar-refractivity contribution in [3.63, 3.8) is 0 Å². The summed E-state index contributed by atoms with van der Waals surface area (Å²) >= 11 is 0. The summed E-state index contributed by atoms with van der Waals surface area (Å²) in [5.74, 6) is 0.199. The number of aryl methyl sites for hydroxylation is 2. The Labute approximate surface area is 139 Å². The van der Waals surface area contributed by atoms with E-state index in [1.165, 1.54) is 16.7 Å². The van der Waals surface area contributed by atoms with E-state index in [0.29, 0.717) is 6.61 Å². The van der Waals surface area contributed by atoms with E-state index in [1.807, 2.05) is 0 Å². The lowest BCUT2D eigenvalue weighted by molar-refractivity contribution is -0.126. The van der Waals surface area contributed by atoms with Gasteiger partial charge in [-0.1, -0.05) is 23.8 Å². The van der Waals surface area contributed by atoms with Gasteiger partial charge in [0.05, 0.1) is 12.5 Å². The molecule has 1 amide bonds. The van der Waals surface area contributed by atoms with Crippen molar-refractivity contribution in [1.29, 1.82) is 0 Å². The van der Waals surface area contributed by atoms with Gasteiger partial charge in [-0.05, 0) is 50.9 Å². The van der Waals surface area contributed by atoms with Crippen LogP contribution >= 0.6 is 0 Å². The summed E-state index contributed by atoms with van der Waals surface area (Å²) < 4.78 is 5.30. The normalized spacial score (nSPS) is 24.1. The zero-order chi connectivity index (χ0) is 16.4. The first-order valence-corrected chi connectivity index (χ1v) is 8.59. The Morgan fingerprint density at radius 1 is 1.30 bits per heavy atom. The molecule has 0 saturated carbocycles. The van der Waals surface area contributed by atoms with Gasteiger partial charge in [-0.3, -0.25) is 9.69 Å². The average molecular weight is 316 g/mol. The number of amides is 1. The molecule has 1 N–H and O–H groups in total. The van der Waals surface area contributed by atoms with Crippen molar-refractivity contribution in [2.24, 2.45) is 11.3 Å². The van der Waals surface area contributed by atoms with Gasteiger partial charge in [0, 0.05) is 25.6 Å². The number of ether oxygens (including phenoxy) is 1. The standard InChI is InChI=1S/C19H28N2O2/c1-14-4-5-15(2)16(10-14)11-21-8-6-19(7-9-21)13-20-18(22)17(19)12-23-3/h4-5,10,17H,6-9,11-13H2,1-3H3,(H,20,22). The van der Waals surface area contributed by atoms with E-state index in [0.717, 1.165) is 39.0 Å². The number of methoxy groups -OCH3 is 1. The maximum Gasteiger partial charge on any atom is 0.226 e. The third kappa shape index (κ3) is 3.29. The molecule has 1 unspecified atom stereocenters. The number of hydrogen-bond acceptors (Lipinski definition) is 3. The van der Waals surface area contributed by atoms with Crippen molar-refractivity contribution in [3.05, 3.63) is 34.9 Å². The molecule has 4 nitrogen and oxygen atoms in total. The highest BCUT2D eigenvalue weighted by Gasteiger charge is 2.49. The van der Waals surface area contributed by atoms with E-state index >= 15 is 0 Å². The Hall–Kier alpha value is -1.39. The average Bonchev–Trinajstić information content (AvgIpc) is 2.83. The van der Waals surface area contributed by atoms with Crippen LogP contribution in [0.15, 0.2) is 18.2 Å².